The minimum atomic E-state index is -0.232. The van der Waals surface area contributed by atoms with Crippen molar-refractivity contribution in [2.75, 3.05) is 13.7 Å². The maximum absolute atomic E-state index is 12.0. The summed E-state index contributed by atoms with van der Waals surface area (Å²) >= 11 is 0. The average Bonchev–Trinajstić information content (AvgIpc) is 2.28. The van der Waals surface area contributed by atoms with Gasteiger partial charge in [0.1, 0.15) is 0 Å². The van der Waals surface area contributed by atoms with E-state index in [0.717, 1.165) is 5.56 Å². The number of methoxy groups -OCH3 is 1. The molecule has 0 aliphatic heterocycles. The van der Waals surface area contributed by atoms with Crippen LogP contribution < -0.4 is 5.73 Å². The van der Waals surface area contributed by atoms with E-state index in [2.05, 4.69) is 20.8 Å². The fourth-order valence-electron chi connectivity index (χ4n) is 1.79. The van der Waals surface area contributed by atoms with E-state index < -0.39 is 0 Å². The van der Waals surface area contributed by atoms with Crippen molar-refractivity contribution in [3.05, 3.63) is 35.4 Å². The maximum atomic E-state index is 12.0. The zero-order chi connectivity index (χ0) is 13.8. The third kappa shape index (κ3) is 4.24. The smallest absolute Gasteiger partial charge is 0.164 e. The highest BCUT2D eigenvalue weighted by molar-refractivity contribution is 5.96. The number of benzene rings is 1. The number of hydrogen-bond acceptors (Lipinski definition) is 3. The summed E-state index contributed by atoms with van der Waals surface area (Å²) in [6.07, 6.45) is 0.322. The second kappa shape index (κ2) is 6.12. The van der Waals surface area contributed by atoms with Gasteiger partial charge in [-0.15, -0.1) is 0 Å². The van der Waals surface area contributed by atoms with E-state index in [9.17, 15) is 4.79 Å². The van der Waals surface area contributed by atoms with Crippen molar-refractivity contribution >= 4 is 5.78 Å². The molecule has 1 rings (SSSR count). The van der Waals surface area contributed by atoms with Gasteiger partial charge in [-0.2, -0.15) is 0 Å². The molecule has 2 N–H and O–H groups in total. The minimum absolute atomic E-state index is 0.0695. The van der Waals surface area contributed by atoms with Crippen molar-refractivity contribution in [3.63, 3.8) is 0 Å². The molecule has 0 saturated carbocycles. The second-order valence-electron chi connectivity index (χ2n) is 5.67. The number of carbonyl (C=O) groups excluding carboxylic acids is 1. The largest absolute Gasteiger partial charge is 0.383 e. The number of ether oxygens (including phenoxy) is 1. The monoisotopic (exact) mass is 249 g/mol. The quantitative estimate of drug-likeness (QED) is 0.816. The zero-order valence-corrected chi connectivity index (χ0v) is 11.7. The molecule has 3 heteroatoms. The van der Waals surface area contributed by atoms with Crippen LogP contribution >= 0.6 is 0 Å². The number of rotatable bonds is 5. The van der Waals surface area contributed by atoms with Crippen LogP contribution in [-0.4, -0.2) is 25.5 Å². The van der Waals surface area contributed by atoms with Crippen LogP contribution in [0.2, 0.25) is 0 Å². The SMILES string of the molecule is COCC(N)CC(=O)c1ccc(C(C)(C)C)cc1. The number of ketones is 1. The molecule has 3 nitrogen and oxygen atoms in total. The topological polar surface area (TPSA) is 52.3 Å². The predicted molar refractivity (Wildman–Crippen MR) is 73.9 cm³/mol. The second-order valence-corrected chi connectivity index (χ2v) is 5.67. The van der Waals surface area contributed by atoms with Crippen molar-refractivity contribution in [1.29, 1.82) is 0 Å². The first-order chi connectivity index (χ1) is 8.34. The molecular formula is C15H23NO2. The first-order valence-corrected chi connectivity index (χ1v) is 6.23. The Balaban J connectivity index is 2.71. The van der Waals surface area contributed by atoms with Crippen molar-refractivity contribution in [2.24, 2.45) is 5.73 Å². The van der Waals surface area contributed by atoms with Gasteiger partial charge in [0, 0.05) is 25.1 Å². The molecule has 0 fully saturated rings. The molecule has 0 spiro atoms. The Bertz CT molecular complexity index is 390. The van der Waals surface area contributed by atoms with Crippen LogP contribution in [0.1, 0.15) is 43.1 Å². The maximum Gasteiger partial charge on any atom is 0.164 e. The summed E-state index contributed by atoms with van der Waals surface area (Å²) in [5.74, 6) is 0.0695. The van der Waals surface area contributed by atoms with Crippen LogP contribution in [-0.2, 0) is 10.2 Å². The highest BCUT2D eigenvalue weighted by atomic mass is 16.5. The van der Waals surface area contributed by atoms with Gasteiger partial charge in [-0.3, -0.25) is 4.79 Å². The lowest BCUT2D eigenvalue weighted by Gasteiger charge is -2.19. The summed E-state index contributed by atoms with van der Waals surface area (Å²) in [6.45, 7) is 6.86. The fraction of sp³-hybridized carbons (Fsp3) is 0.533. The van der Waals surface area contributed by atoms with Crippen LogP contribution in [0.5, 0.6) is 0 Å². The van der Waals surface area contributed by atoms with Gasteiger partial charge in [-0.25, -0.2) is 0 Å². The minimum Gasteiger partial charge on any atom is -0.383 e. The van der Waals surface area contributed by atoms with Gasteiger partial charge in [0.15, 0.2) is 5.78 Å². The fourth-order valence-corrected chi connectivity index (χ4v) is 1.79. The summed E-state index contributed by atoms with van der Waals surface area (Å²) in [5, 5.41) is 0. The molecule has 1 aromatic rings. The summed E-state index contributed by atoms with van der Waals surface area (Å²) in [5.41, 5.74) is 7.82. The van der Waals surface area contributed by atoms with Gasteiger partial charge in [0.2, 0.25) is 0 Å². The van der Waals surface area contributed by atoms with Crippen LogP contribution in [0.4, 0.5) is 0 Å². The molecular weight excluding hydrogens is 226 g/mol. The lowest BCUT2D eigenvalue weighted by Crippen LogP contribution is -2.28. The van der Waals surface area contributed by atoms with Gasteiger partial charge in [0.05, 0.1) is 6.61 Å². The molecule has 18 heavy (non-hydrogen) atoms. The highest BCUT2D eigenvalue weighted by Crippen LogP contribution is 2.22. The Labute approximate surface area is 109 Å². The number of hydrogen-bond donors (Lipinski definition) is 1. The van der Waals surface area contributed by atoms with Crippen LogP contribution in [0.25, 0.3) is 0 Å². The Morgan fingerprint density at radius 2 is 1.83 bits per heavy atom. The van der Waals surface area contributed by atoms with Crippen LogP contribution in [0.15, 0.2) is 24.3 Å². The third-order valence-corrected chi connectivity index (χ3v) is 2.90. The molecule has 0 aromatic heterocycles. The third-order valence-electron chi connectivity index (χ3n) is 2.90. The number of Topliss-reactive ketones (excluding diaryl/α,β-unsaturated/α-hetero) is 1. The molecule has 0 aliphatic carbocycles. The van der Waals surface area contributed by atoms with Crippen molar-refractivity contribution in [1.82, 2.24) is 0 Å². The van der Waals surface area contributed by atoms with Gasteiger partial charge in [-0.05, 0) is 11.0 Å². The van der Waals surface area contributed by atoms with E-state index in [1.807, 2.05) is 24.3 Å². The zero-order valence-electron chi connectivity index (χ0n) is 11.7. The Hall–Kier alpha value is -1.19. The first-order valence-electron chi connectivity index (χ1n) is 6.23. The van der Waals surface area contributed by atoms with Crippen molar-refractivity contribution < 1.29 is 9.53 Å². The van der Waals surface area contributed by atoms with E-state index in [1.165, 1.54) is 5.56 Å². The molecule has 0 amide bonds. The number of carbonyl (C=O) groups is 1. The van der Waals surface area contributed by atoms with E-state index in [1.54, 1.807) is 7.11 Å². The average molecular weight is 249 g/mol. The summed E-state index contributed by atoms with van der Waals surface area (Å²) in [6, 6.07) is 7.54. The van der Waals surface area contributed by atoms with Gasteiger partial charge in [0.25, 0.3) is 0 Å². The van der Waals surface area contributed by atoms with Gasteiger partial charge >= 0.3 is 0 Å². The predicted octanol–water partition coefficient (Wildman–Crippen LogP) is 2.53. The van der Waals surface area contributed by atoms with Gasteiger partial charge in [-0.1, -0.05) is 45.0 Å². The van der Waals surface area contributed by atoms with Crippen molar-refractivity contribution in [2.45, 2.75) is 38.6 Å². The molecule has 0 saturated heterocycles. The molecule has 0 heterocycles. The van der Waals surface area contributed by atoms with Crippen LogP contribution in [0, 0.1) is 0 Å². The summed E-state index contributed by atoms with van der Waals surface area (Å²) in [7, 11) is 1.59. The van der Waals surface area contributed by atoms with Crippen molar-refractivity contribution in [3.8, 4) is 0 Å². The molecule has 100 valence electrons. The van der Waals surface area contributed by atoms with Crippen LogP contribution in [0.3, 0.4) is 0 Å². The normalized spacial score (nSPS) is 13.4. The number of nitrogens with two attached hydrogens (primary N) is 1. The molecule has 0 aliphatic rings. The van der Waals surface area contributed by atoms with E-state index in [-0.39, 0.29) is 17.2 Å². The molecule has 1 unspecified atom stereocenters. The first kappa shape index (κ1) is 14.9. The Morgan fingerprint density at radius 3 is 2.28 bits per heavy atom. The van der Waals surface area contributed by atoms with E-state index in [0.29, 0.717) is 13.0 Å². The molecule has 1 aromatic carbocycles. The molecule has 0 bridgehead atoms. The summed E-state index contributed by atoms with van der Waals surface area (Å²) in [4.78, 5) is 12.0. The lowest BCUT2D eigenvalue weighted by atomic mass is 9.86. The van der Waals surface area contributed by atoms with E-state index in [4.69, 9.17) is 10.5 Å². The Kier molecular flexibility index (Phi) is 5.05. The van der Waals surface area contributed by atoms with E-state index >= 15 is 0 Å². The molecule has 0 radical (unpaired) electrons. The Morgan fingerprint density at radius 1 is 1.28 bits per heavy atom. The van der Waals surface area contributed by atoms with Gasteiger partial charge < -0.3 is 10.5 Å². The molecule has 1 atom stereocenters. The summed E-state index contributed by atoms with van der Waals surface area (Å²) < 4.78 is 4.93. The standard InChI is InChI=1S/C15H23NO2/c1-15(2,3)12-7-5-11(6-8-12)14(17)9-13(16)10-18-4/h5-8,13H,9-10,16H2,1-4H3. The highest BCUT2D eigenvalue weighted by Gasteiger charge is 2.15. The lowest BCUT2D eigenvalue weighted by molar-refractivity contribution is 0.0949.